The maximum Gasteiger partial charge on any atom is 0.352 e. The van der Waals surface area contributed by atoms with Gasteiger partial charge in [-0.05, 0) is 55.4 Å². The molecule has 264 valence electrons. The molecule has 1 heterocycles. The van der Waals surface area contributed by atoms with Crippen LogP contribution in [0.4, 0.5) is 0 Å². The highest BCUT2D eigenvalue weighted by molar-refractivity contribution is 6.97. The lowest BCUT2D eigenvalue weighted by Gasteiger charge is -2.62. The molecule has 1 aliphatic heterocycles. The highest BCUT2D eigenvalue weighted by Gasteiger charge is 2.73. The van der Waals surface area contributed by atoms with Gasteiger partial charge in [-0.15, -0.1) is 0 Å². The lowest BCUT2D eigenvalue weighted by molar-refractivity contribution is 0.0329. The predicted molar refractivity (Wildman–Crippen MR) is 191 cm³/mol. The summed E-state index contributed by atoms with van der Waals surface area (Å²) in [7, 11) is -13.4. The maximum absolute atomic E-state index is 7.87. The van der Waals surface area contributed by atoms with Crippen molar-refractivity contribution in [3.05, 3.63) is 0 Å². The van der Waals surface area contributed by atoms with Gasteiger partial charge in [0.05, 0.1) is 49.3 Å². The second-order valence-corrected chi connectivity index (χ2v) is 34.3. The minimum atomic E-state index is -3.36. The molecule has 0 aromatic carbocycles. The Hall–Kier alpha value is 0.548. The molecule has 0 aliphatic carbocycles. The summed E-state index contributed by atoms with van der Waals surface area (Å²) in [4.78, 5) is 0. The van der Waals surface area contributed by atoms with Gasteiger partial charge in [-0.1, -0.05) is 83.1 Å². The topological polar surface area (TPSA) is 73.8 Å². The number of hydrogen-bond acceptors (Lipinski definition) is 8. The number of hydrogen-bond donors (Lipinski definition) is 0. The van der Waals surface area contributed by atoms with E-state index in [0.717, 1.165) is 0 Å². The van der Waals surface area contributed by atoms with Crippen LogP contribution in [0, 0.1) is 0 Å². The summed E-state index contributed by atoms with van der Waals surface area (Å²) >= 11 is 0. The van der Waals surface area contributed by atoms with Gasteiger partial charge in [0.15, 0.2) is 0 Å². The van der Waals surface area contributed by atoms with Gasteiger partial charge < -0.3 is 35.4 Å². The van der Waals surface area contributed by atoms with Crippen LogP contribution in [0.2, 0.25) is 20.2 Å². The smallest absolute Gasteiger partial charge is 0.352 e. The molecule has 1 rings (SSSR count). The third-order valence-corrected chi connectivity index (χ3v) is 30.2. The van der Waals surface area contributed by atoms with Crippen molar-refractivity contribution in [3.63, 3.8) is 0 Å². The first kappa shape index (κ1) is 42.6. The highest BCUT2D eigenvalue weighted by Crippen LogP contribution is 2.56. The standard InChI is InChI=1S/C32H72O8Si4/c1-25(2)33-21-41(29(9,10)11)37-42(30(12,13)14,22-34-26(3)4)39-44(32(18,19)20,24-36-28(7)8)40-43(38-41,31(15,16)17)23-35-27(5)6/h25-28H,21-24H2,1-20H3. The fourth-order valence-corrected chi connectivity index (χ4v) is 30.9. The Kier molecular flexibility index (Phi) is 14.5. The van der Waals surface area contributed by atoms with Crippen LogP contribution >= 0.6 is 0 Å². The van der Waals surface area contributed by atoms with E-state index in [4.69, 9.17) is 35.4 Å². The van der Waals surface area contributed by atoms with Gasteiger partial charge in [0.2, 0.25) is 0 Å². The molecule has 8 nitrogen and oxygen atoms in total. The normalized spacial score (nSPS) is 30.0. The molecule has 1 fully saturated rings. The summed E-state index contributed by atoms with van der Waals surface area (Å²) in [5.74, 6) is 0. The zero-order valence-electron chi connectivity index (χ0n) is 32.4. The Morgan fingerprint density at radius 2 is 0.477 bits per heavy atom. The number of ether oxygens (including phenoxy) is 4. The van der Waals surface area contributed by atoms with Crippen LogP contribution in [0.15, 0.2) is 0 Å². The molecule has 0 radical (unpaired) electrons. The van der Waals surface area contributed by atoms with Gasteiger partial charge in [-0.2, -0.15) is 0 Å². The zero-order valence-corrected chi connectivity index (χ0v) is 36.4. The van der Waals surface area contributed by atoms with Crippen molar-refractivity contribution in [2.75, 3.05) is 24.9 Å². The Morgan fingerprint density at radius 1 is 0.341 bits per heavy atom. The fourth-order valence-electron chi connectivity index (χ4n) is 4.58. The lowest BCUT2D eigenvalue weighted by Crippen LogP contribution is -2.80. The minimum Gasteiger partial charge on any atom is -0.412 e. The number of rotatable bonds is 12. The minimum absolute atomic E-state index is 0.00100. The summed E-state index contributed by atoms with van der Waals surface area (Å²) < 4.78 is 57.6. The first-order chi connectivity index (χ1) is 19.5. The lowest BCUT2D eigenvalue weighted by atomic mass is 10.2. The fraction of sp³-hybridized carbons (Fsp3) is 1.00. The summed E-state index contributed by atoms with van der Waals surface area (Å²) in [5, 5.41) is -1.58. The molecule has 1 saturated heterocycles. The van der Waals surface area contributed by atoms with Crippen LogP contribution < -0.4 is 0 Å². The van der Waals surface area contributed by atoms with Gasteiger partial charge in [0, 0.05) is 20.2 Å². The Labute approximate surface area is 276 Å². The van der Waals surface area contributed by atoms with Crippen molar-refractivity contribution in [1.82, 2.24) is 0 Å². The second-order valence-electron chi connectivity index (χ2n) is 17.9. The average Bonchev–Trinajstić information content (AvgIpc) is 2.78. The quantitative estimate of drug-likeness (QED) is 0.187. The SMILES string of the molecule is CC(C)OC[Si]1(C(C)(C)C)O[Si](COC(C)C)(C(C)(C)C)O[Si](COC(C)C)(C(C)(C)C)O[Si](COC(C)C)(C(C)(C)C)O1. The molecule has 0 bridgehead atoms. The Balaban J connectivity index is 4.43. The van der Waals surface area contributed by atoms with E-state index in [0.29, 0.717) is 24.9 Å². The van der Waals surface area contributed by atoms with Crippen LogP contribution in [0.1, 0.15) is 138 Å². The van der Waals surface area contributed by atoms with E-state index in [1.165, 1.54) is 0 Å². The molecular formula is C32H72O8Si4. The van der Waals surface area contributed by atoms with Crippen molar-refractivity contribution in [3.8, 4) is 0 Å². The van der Waals surface area contributed by atoms with Crippen molar-refractivity contribution in [2.45, 2.75) is 183 Å². The van der Waals surface area contributed by atoms with E-state index in [1.807, 2.05) is 0 Å². The molecule has 0 spiro atoms. The molecule has 0 amide bonds. The average molecular weight is 697 g/mol. The van der Waals surface area contributed by atoms with Crippen molar-refractivity contribution in [2.24, 2.45) is 0 Å². The van der Waals surface area contributed by atoms with Crippen molar-refractivity contribution < 1.29 is 35.4 Å². The first-order valence-corrected chi connectivity index (χ1v) is 24.9. The van der Waals surface area contributed by atoms with Crippen LogP contribution in [-0.2, 0) is 35.4 Å². The van der Waals surface area contributed by atoms with Gasteiger partial charge >= 0.3 is 34.2 Å². The van der Waals surface area contributed by atoms with Gasteiger partial charge in [-0.25, -0.2) is 0 Å². The summed E-state index contributed by atoms with van der Waals surface area (Å²) in [6.45, 7) is 43.1. The van der Waals surface area contributed by atoms with Crippen molar-refractivity contribution in [1.29, 1.82) is 0 Å². The van der Waals surface area contributed by atoms with E-state index in [-0.39, 0.29) is 24.4 Å². The first-order valence-electron chi connectivity index (χ1n) is 16.8. The van der Waals surface area contributed by atoms with Crippen LogP contribution in [0.5, 0.6) is 0 Å². The van der Waals surface area contributed by atoms with Crippen LogP contribution in [0.3, 0.4) is 0 Å². The largest absolute Gasteiger partial charge is 0.412 e. The Bertz CT molecular complexity index is 731. The van der Waals surface area contributed by atoms with E-state index in [2.05, 4.69) is 138 Å². The van der Waals surface area contributed by atoms with Gasteiger partial charge in [0.25, 0.3) is 0 Å². The summed E-state index contributed by atoms with van der Waals surface area (Å²) in [6.07, 6.45) is 1.41. The molecule has 44 heavy (non-hydrogen) atoms. The molecule has 0 atom stereocenters. The summed E-state index contributed by atoms with van der Waals surface area (Å²) in [6, 6.07) is 0. The third kappa shape index (κ3) is 10.3. The Morgan fingerprint density at radius 3 is 0.568 bits per heavy atom. The van der Waals surface area contributed by atoms with E-state index >= 15 is 0 Å². The molecule has 0 unspecified atom stereocenters. The molecule has 0 aromatic rings. The van der Waals surface area contributed by atoms with E-state index < -0.39 is 54.4 Å². The van der Waals surface area contributed by atoms with E-state index in [1.54, 1.807) is 0 Å². The monoisotopic (exact) mass is 696 g/mol. The van der Waals surface area contributed by atoms with Crippen LogP contribution in [0.25, 0.3) is 0 Å². The second kappa shape index (κ2) is 15.0. The third-order valence-electron chi connectivity index (χ3n) is 8.32. The molecular weight excluding hydrogens is 625 g/mol. The highest BCUT2D eigenvalue weighted by atomic mass is 28.5. The molecule has 12 heteroatoms. The maximum atomic E-state index is 7.87. The molecule has 0 N–H and O–H groups in total. The summed E-state index contributed by atoms with van der Waals surface area (Å²) in [5.41, 5.74) is 0. The molecule has 0 saturated carbocycles. The van der Waals surface area contributed by atoms with Gasteiger partial charge in [-0.3, -0.25) is 0 Å². The zero-order chi connectivity index (χ0) is 34.8. The van der Waals surface area contributed by atoms with E-state index in [9.17, 15) is 0 Å². The predicted octanol–water partition coefficient (Wildman–Crippen LogP) is 8.89. The molecule has 0 aromatic heterocycles. The van der Waals surface area contributed by atoms with Crippen LogP contribution in [-0.4, -0.2) is 83.6 Å². The van der Waals surface area contributed by atoms with Gasteiger partial charge in [0.1, 0.15) is 0 Å². The molecule has 1 aliphatic rings. The van der Waals surface area contributed by atoms with Crippen molar-refractivity contribution >= 4 is 34.2 Å².